The Morgan fingerprint density at radius 2 is 1.85 bits per heavy atom. The van der Waals surface area contributed by atoms with Crippen LogP contribution in [0.2, 0.25) is 0 Å². The number of halogens is 2. The van der Waals surface area contributed by atoms with Crippen LogP contribution in [-0.4, -0.2) is 53.1 Å². The van der Waals surface area contributed by atoms with E-state index in [0.717, 1.165) is 73.4 Å². The summed E-state index contributed by atoms with van der Waals surface area (Å²) in [6.45, 7) is 2.04. The molecule has 0 unspecified atom stereocenters. The highest BCUT2D eigenvalue weighted by atomic mass is 35.5. The lowest BCUT2D eigenvalue weighted by atomic mass is 9.90. The van der Waals surface area contributed by atoms with Gasteiger partial charge < -0.3 is 25.5 Å². The number of furan rings is 1. The molecule has 2 atom stereocenters. The Balaban J connectivity index is 0.00000210. The van der Waals surface area contributed by atoms with Crippen LogP contribution in [0.5, 0.6) is 0 Å². The molecule has 0 radical (unpaired) electrons. The molecule has 2 aliphatic rings. The number of nitrogens with zero attached hydrogens (tertiary/aromatic N) is 3. The van der Waals surface area contributed by atoms with Gasteiger partial charge in [0, 0.05) is 24.6 Å². The van der Waals surface area contributed by atoms with Crippen molar-refractivity contribution in [1.82, 2.24) is 15.3 Å². The van der Waals surface area contributed by atoms with Crippen LogP contribution in [0.3, 0.4) is 0 Å². The Labute approximate surface area is 241 Å². The molecule has 5 rings (SSSR count). The van der Waals surface area contributed by atoms with Crippen LogP contribution in [-0.2, 0) is 4.74 Å². The van der Waals surface area contributed by atoms with Gasteiger partial charge in [0.2, 0.25) is 5.82 Å². The summed E-state index contributed by atoms with van der Waals surface area (Å²) in [5.41, 5.74) is 8.91. The van der Waals surface area contributed by atoms with Gasteiger partial charge in [0.05, 0.1) is 29.5 Å². The quantitative estimate of drug-likeness (QED) is 0.261. The van der Waals surface area contributed by atoms with Gasteiger partial charge in [-0.05, 0) is 63.6 Å². The number of carbonyl (C=O) groups excluding carboxylic acids is 1. The maximum Gasteiger partial charge on any atom is 0.289 e. The third-order valence-electron chi connectivity index (χ3n) is 7.57. The van der Waals surface area contributed by atoms with E-state index in [4.69, 9.17) is 24.9 Å². The number of nitrogens with two attached hydrogens (primary N) is 1. The molecule has 11 heteroatoms. The molecule has 2 heterocycles. The van der Waals surface area contributed by atoms with Crippen LogP contribution in [0.15, 0.2) is 46.2 Å². The highest BCUT2D eigenvalue weighted by molar-refractivity contribution is 5.98. The number of fused-ring (bicyclic) bond motifs is 1. The van der Waals surface area contributed by atoms with E-state index in [-0.39, 0.29) is 60.8 Å². The number of aryl methyl sites for hydroxylation is 1. The Bertz CT molecular complexity index is 1260. The molecular weight excluding hydrogens is 539 g/mol. The van der Waals surface area contributed by atoms with Crippen LogP contribution < -0.4 is 16.4 Å². The number of methoxy groups -OCH3 is 1. The maximum atomic E-state index is 13.2. The van der Waals surface area contributed by atoms with Gasteiger partial charge in [-0.15, -0.1) is 24.8 Å². The van der Waals surface area contributed by atoms with Crippen LogP contribution in [0, 0.1) is 6.92 Å². The van der Waals surface area contributed by atoms with Gasteiger partial charge in [-0.2, -0.15) is 0 Å². The average molecular weight is 578 g/mol. The number of benzene rings is 1. The Morgan fingerprint density at radius 3 is 2.56 bits per heavy atom. The van der Waals surface area contributed by atoms with Crippen molar-refractivity contribution in [2.75, 3.05) is 12.4 Å². The minimum Gasteiger partial charge on any atom is -0.472 e. The van der Waals surface area contributed by atoms with E-state index in [2.05, 4.69) is 21.7 Å². The molecule has 2 aromatic heterocycles. The van der Waals surface area contributed by atoms with Crippen molar-refractivity contribution >= 4 is 53.3 Å². The predicted octanol–water partition coefficient (Wildman–Crippen LogP) is 5.19. The molecule has 2 fully saturated rings. The lowest BCUT2D eigenvalue weighted by Crippen LogP contribution is -2.40. The zero-order valence-corrected chi connectivity index (χ0v) is 24.0. The smallest absolute Gasteiger partial charge is 0.289 e. The second-order valence-corrected chi connectivity index (χ2v) is 10.2. The van der Waals surface area contributed by atoms with E-state index in [1.807, 2.05) is 25.1 Å². The second-order valence-electron chi connectivity index (χ2n) is 10.2. The van der Waals surface area contributed by atoms with Gasteiger partial charge in [0.25, 0.3) is 5.91 Å². The van der Waals surface area contributed by atoms with Crippen LogP contribution >= 0.6 is 24.8 Å². The summed E-state index contributed by atoms with van der Waals surface area (Å²) < 4.78 is 10.6. The van der Waals surface area contributed by atoms with Gasteiger partial charge in [-0.25, -0.2) is 9.97 Å². The van der Waals surface area contributed by atoms with Crippen LogP contribution in [0.1, 0.15) is 73.1 Å². The number of amides is 1. The third-order valence-corrected chi connectivity index (χ3v) is 7.57. The summed E-state index contributed by atoms with van der Waals surface area (Å²) in [7, 11) is 1.75. The summed E-state index contributed by atoms with van der Waals surface area (Å²) >= 11 is 0. The topological polar surface area (TPSA) is 128 Å². The van der Waals surface area contributed by atoms with Crippen molar-refractivity contribution in [1.29, 1.82) is 0 Å². The summed E-state index contributed by atoms with van der Waals surface area (Å²) in [5, 5.41) is 7.67. The monoisotopic (exact) mass is 576 g/mol. The fourth-order valence-corrected chi connectivity index (χ4v) is 5.42. The molecule has 0 aliphatic heterocycles. The van der Waals surface area contributed by atoms with E-state index >= 15 is 0 Å². The number of aromatic nitrogens is 2. The van der Waals surface area contributed by atoms with Gasteiger partial charge in [0.1, 0.15) is 17.9 Å². The van der Waals surface area contributed by atoms with Gasteiger partial charge in [0.15, 0.2) is 0 Å². The molecular formula is C28H38Cl2N6O3. The molecule has 0 saturated heterocycles. The Hall–Kier alpha value is -2.88. The molecule has 9 nitrogen and oxygen atoms in total. The summed E-state index contributed by atoms with van der Waals surface area (Å²) in [4.78, 5) is 27.4. The van der Waals surface area contributed by atoms with E-state index < -0.39 is 0 Å². The maximum absolute atomic E-state index is 13.2. The number of amidine groups is 1. The molecule has 2 aliphatic carbocycles. The van der Waals surface area contributed by atoms with Crippen molar-refractivity contribution < 1.29 is 13.9 Å². The number of nitrogens with one attached hydrogen (secondary N) is 2. The number of aliphatic imine (C=N–C) groups is 1. The van der Waals surface area contributed by atoms with Crippen molar-refractivity contribution in [2.45, 2.75) is 82.5 Å². The second kappa shape index (κ2) is 14.0. The molecule has 1 aromatic carbocycles. The first-order chi connectivity index (χ1) is 18.0. The molecule has 39 heavy (non-hydrogen) atoms. The largest absolute Gasteiger partial charge is 0.472 e. The highest BCUT2D eigenvalue weighted by Crippen LogP contribution is 2.29. The van der Waals surface area contributed by atoms with Crippen molar-refractivity contribution in [3.63, 3.8) is 0 Å². The van der Waals surface area contributed by atoms with Crippen LogP contribution in [0.25, 0.3) is 10.9 Å². The Kier molecular flexibility index (Phi) is 11.0. The zero-order chi connectivity index (χ0) is 25.8. The number of rotatable bonds is 7. The molecule has 4 N–H and O–H groups in total. The zero-order valence-electron chi connectivity index (χ0n) is 22.4. The lowest BCUT2D eigenvalue weighted by molar-refractivity contribution is 0.0597. The van der Waals surface area contributed by atoms with Gasteiger partial charge >= 0.3 is 0 Å². The third kappa shape index (κ3) is 7.41. The number of hydrogen-bond acceptors (Lipinski definition) is 7. The fourth-order valence-electron chi connectivity index (χ4n) is 5.42. The van der Waals surface area contributed by atoms with E-state index in [9.17, 15) is 4.79 Å². The predicted molar refractivity (Wildman–Crippen MR) is 158 cm³/mol. The molecule has 1 amide bonds. The first-order valence-electron chi connectivity index (χ1n) is 13.2. The summed E-state index contributed by atoms with van der Waals surface area (Å²) in [5.74, 6) is 1.07. The van der Waals surface area contributed by atoms with Crippen molar-refractivity contribution in [3.05, 3.63) is 53.7 Å². The first kappa shape index (κ1) is 30.7. The lowest BCUT2D eigenvalue weighted by Gasteiger charge is -2.31. The standard InChI is InChI=1S/C28H36N6O3.2ClH/c1-17-7-12-22-21(15-17)26(34-27(32-22)28(35)30-19-8-10-20(36-2)11-9-19)33-24-6-4-3-5-23(24)31-25(29)18-13-14-37-16-18;;/h7,12-16,19-20,23-24H,3-6,8-11H2,1-2H3,(H2,29,31)(H,30,35)(H,32,33,34);2*1H/t19?,20?,23-,24+;;/m1../s1. The number of carbonyl (C=O) groups is 1. The summed E-state index contributed by atoms with van der Waals surface area (Å²) in [6, 6.07) is 7.97. The van der Waals surface area contributed by atoms with Gasteiger partial charge in [-0.3, -0.25) is 9.79 Å². The fraction of sp³-hybridized carbons (Fsp3) is 0.500. The summed E-state index contributed by atoms with van der Waals surface area (Å²) in [6.07, 6.45) is 11.2. The minimum absolute atomic E-state index is 0. The molecule has 2 saturated carbocycles. The van der Waals surface area contributed by atoms with Crippen molar-refractivity contribution in [2.24, 2.45) is 10.7 Å². The number of ether oxygens (including phenoxy) is 1. The molecule has 0 spiro atoms. The molecule has 0 bridgehead atoms. The number of hydrogen-bond donors (Lipinski definition) is 3. The normalized spacial score (nSPS) is 23.4. The molecule has 212 valence electrons. The Morgan fingerprint density at radius 1 is 1.08 bits per heavy atom. The van der Waals surface area contributed by atoms with Crippen LogP contribution in [0.4, 0.5) is 5.82 Å². The molecule has 3 aromatic rings. The SMILES string of the molecule is COC1CCC(NC(=O)c2nc(N[C@H]3CCCC[C@H]3N=C(N)c3ccoc3)c3cc(C)ccc3n2)CC1.Cl.Cl. The van der Waals surface area contributed by atoms with E-state index in [0.29, 0.717) is 11.7 Å². The average Bonchev–Trinajstić information content (AvgIpc) is 3.46. The van der Waals surface area contributed by atoms with E-state index in [1.165, 1.54) is 0 Å². The highest BCUT2D eigenvalue weighted by Gasteiger charge is 2.28. The minimum atomic E-state index is -0.242. The van der Waals surface area contributed by atoms with Gasteiger partial charge in [-0.1, -0.05) is 24.5 Å². The van der Waals surface area contributed by atoms with Crippen molar-refractivity contribution in [3.8, 4) is 0 Å². The first-order valence-corrected chi connectivity index (χ1v) is 13.2. The van der Waals surface area contributed by atoms with E-state index in [1.54, 1.807) is 19.6 Å². The number of anilines is 1.